The quantitative estimate of drug-likeness (QED) is 0.697. The van der Waals surface area contributed by atoms with Gasteiger partial charge in [-0.2, -0.15) is 0 Å². The summed E-state index contributed by atoms with van der Waals surface area (Å²) in [4.78, 5) is 4.99. The molecule has 2 aliphatic rings. The number of piperidine rings is 1. The number of hydrogen-bond acceptors (Lipinski definition) is 4. The minimum Gasteiger partial charge on any atom is -0.394 e. The Kier molecular flexibility index (Phi) is 4.19. The summed E-state index contributed by atoms with van der Waals surface area (Å²) >= 11 is 0. The maximum atomic E-state index is 9.77. The van der Waals surface area contributed by atoms with Gasteiger partial charge in [-0.05, 0) is 32.5 Å². The molecular formula is C12H25N3O. The smallest absolute Gasteiger partial charge is 0.0616 e. The maximum Gasteiger partial charge on any atom is 0.0616 e. The van der Waals surface area contributed by atoms with E-state index in [1.165, 1.54) is 0 Å². The fraction of sp³-hybridized carbons (Fsp3) is 1.00. The molecule has 4 nitrogen and oxygen atoms in total. The van der Waals surface area contributed by atoms with E-state index >= 15 is 0 Å². The van der Waals surface area contributed by atoms with Crippen molar-refractivity contribution in [3.63, 3.8) is 0 Å². The van der Waals surface area contributed by atoms with Crippen LogP contribution in [0.25, 0.3) is 0 Å². The molecule has 0 bridgehead atoms. The van der Waals surface area contributed by atoms with Crippen LogP contribution in [0, 0.1) is 0 Å². The van der Waals surface area contributed by atoms with Crippen LogP contribution in [0.15, 0.2) is 0 Å². The van der Waals surface area contributed by atoms with Crippen molar-refractivity contribution in [2.75, 3.05) is 52.4 Å². The van der Waals surface area contributed by atoms with Crippen LogP contribution in [0.1, 0.15) is 19.8 Å². The lowest BCUT2D eigenvalue weighted by molar-refractivity contribution is -0.0242. The first kappa shape index (κ1) is 12.3. The SMILES string of the molecule is CCN1CCC(CO)(N2CCNCC2)CC1. The summed E-state index contributed by atoms with van der Waals surface area (Å²) in [5, 5.41) is 13.2. The van der Waals surface area contributed by atoms with Gasteiger partial charge >= 0.3 is 0 Å². The molecule has 0 aromatic heterocycles. The Balaban J connectivity index is 1.96. The van der Waals surface area contributed by atoms with Gasteiger partial charge in [0.1, 0.15) is 0 Å². The second-order valence-electron chi connectivity index (χ2n) is 5.05. The number of piperazine rings is 1. The predicted octanol–water partition coefficient (Wildman–Crippen LogP) is -0.262. The standard InChI is InChI=1S/C12H25N3O/c1-2-14-7-3-12(11-16,4-8-14)15-9-5-13-6-10-15/h13,16H,2-11H2,1H3. The summed E-state index contributed by atoms with van der Waals surface area (Å²) in [6, 6.07) is 0. The number of rotatable bonds is 3. The van der Waals surface area contributed by atoms with Crippen LogP contribution < -0.4 is 5.32 Å². The third-order valence-electron chi connectivity index (χ3n) is 4.32. The van der Waals surface area contributed by atoms with Crippen molar-refractivity contribution in [1.29, 1.82) is 0 Å². The molecular weight excluding hydrogens is 202 g/mol. The molecule has 0 atom stereocenters. The highest BCUT2D eigenvalue weighted by atomic mass is 16.3. The van der Waals surface area contributed by atoms with E-state index in [-0.39, 0.29) is 5.54 Å². The Morgan fingerprint density at radius 2 is 1.75 bits per heavy atom. The van der Waals surface area contributed by atoms with E-state index in [4.69, 9.17) is 0 Å². The third-order valence-corrected chi connectivity index (χ3v) is 4.32. The Morgan fingerprint density at radius 1 is 1.12 bits per heavy atom. The molecule has 0 radical (unpaired) electrons. The van der Waals surface area contributed by atoms with E-state index in [1.54, 1.807) is 0 Å². The van der Waals surface area contributed by atoms with Crippen LogP contribution in [-0.2, 0) is 0 Å². The molecule has 16 heavy (non-hydrogen) atoms. The molecule has 2 rings (SSSR count). The average Bonchev–Trinajstić information content (AvgIpc) is 2.40. The maximum absolute atomic E-state index is 9.77. The molecule has 2 fully saturated rings. The van der Waals surface area contributed by atoms with Gasteiger partial charge in [-0.3, -0.25) is 4.90 Å². The largest absolute Gasteiger partial charge is 0.394 e. The zero-order valence-electron chi connectivity index (χ0n) is 10.4. The lowest BCUT2D eigenvalue weighted by Gasteiger charge is -2.49. The molecule has 0 spiro atoms. The number of aliphatic hydroxyl groups excluding tert-OH is 1. The Labute approximate surface area is 98.6 Å². The van der Waals surface area contributed by atoms with Gasteiger partial charge in [0.05, 0.1) is 6.61 Å². The summed E-state index contributed by atoms with van der Waals surface area (Å²) in [5.41, 5.74) is 0.0772. The Hall–Kier alpha value is -0.160. The molecule has 2 saturated heterocycles. The van der Waals surface area contributed by atoms with Crippen LogP contribution in [0.4, 0.5) is 0 Å². The van der Waals surface area contributed by atoms with Gasteiger partial charge in [-0.1, -0.05) is 6.92 Å². The van der Waals surface area contributed by atoms with E-state index in [9.17, 15) is 5.11 Å². The van der Waals surface area contributed by atoms with Gasteiger partial charge in [0.15, 0.2) is 0 Å². The van der Waals surface area contributed by atoms with Crippen molar-refractivity contribution in [2.24, 2.45) is 0 Å². The van der Waals surface area contributed by atoms with Gasteiger partial charge in [-0.15, -0.1) is 0 Å². The fourth-order valence-corrected chi connectivity index (χ4v) is 3.00. The summed E-state index contributed by atoms with van der Waals surface area (Å²) in [7, 11) is 0. The summed E-state index contributed by atoms with van der Waals surface area (Å²) in [6.45, 7) is 10.3. The molecule has 2 heterocycles. The van der Waals surface area contributed by atoms with Crippen molar-refractivity contribution in [3.8, 4) is 0 Å². The van der Waals surface area contributed by atoms with Gasteiger partial charge in [0.25, 0.3) is 0 Å². The van der Waals surface area contributed by atoms with E-state index in [0.29, 0.717) is 6.61 Å². The molecule has 0 saturated carbocycles. The summed E-state index contributed by atoms with van der Waals surface area (Å²) in [5.74, 6) is 0. The zero-order valence-corrected chi connectivity index (χ0v) is 10.4. The van der Waals surface area contributed by atoms with Crippen molar-refractivity contribution < 1.29 is 5.11 Å². The van der Waals surface area contributed by atoms with Crippen molar-refractivity contribution in [2.45, 2.75) is 25.3 Å². The summed E-state index contributed by atoms with van der Waals surface area (Å²) < 4.78 is 0. The molecule has 0 aromatic carbocycles. The second kappa shape index (κ2) is 5.45. The van der Waals surface area contributed by atoms with Crippen LogP contribution >= 0.6 is 0 Å². The van der Waals surface area contributed by atoms with Gasteiger partial charge in [0.2, 0.25) is 0 Å². The Morgan fingerprint density at radius 3 is 2.25 bits per heavy atom. The number of hydrogen-bond donors (Lipinski definition) is 2. The lowest BCUT2D eigenvalue weighted by atomic mass is 9.86. The highest BCUT2D eigenvalue weighted by Crippen LogP contribution is 2.28. The zero-order chi connectivity index (χ0) is 11.4. The molecule has 4 heteroatoms. The molecule has 0 amide bonds. The minimum absolute atomic E-state index is 0.0772. The molecule has 0 aliphatic carbocycles. The van der Waals surface area contributed by atoms with E-state index in [1.807, 2.05) is 0 Å². The van der Waals surface area contributed by atoms with E-state index in [0.717, 1.165) is 58.7 Å². The monoisotopic (exact) mass is 227 g/mol. The molecule has 2 aliphatic heterocycles. The first-order chi connectivity index (χ1) is 7.80. The van der Waals surface area contributed by atoms with Gasteiger partial charge in [0, 0.05) is 31.7 Å². The highest BCUT2D eigenvalue weighted by Gasteiger charge is 2.39. The van der Waals surface area contributed by atoms with E-state index < -0.39 is 0 Å². The van der Waals surface area contributed by atoms with E-state index in [2.05, 4.69) is 22.0 Å². The second-order valence-corrected chi connectivity index (χ2v) is 5.05. The molecule has 0 aromatic rings. The topological polar surface area (TPSA) is 38.7 Å². The van der Waals surface area contributed by atoms with Gasteiger partial charge in [-0.25, -0.2) is 0 Å². The summed E-state index contributed by atoms with van der Waals surface area (Å²) in [6.07, 6.45) is 2.24. The van der Waals surface area contributed by atoms with Gasteiger partial charge < -0.3 is 15.3 Å². The third kappa shape index (κ3) is 2.40. The molecule has 0 unspecified atom stereocenters. The van der Waals surface area contributed by atoms with Crippen LogP contribution in [0.2, 0.25) is 0 Å². The van der Waals surface area contributed by atoms with Crippen LogP contribution in [0.5, 0.6) is 0 Å². The first-order valence-electron chi connectivity index (χ1n) is 6.60. The predicted molar refractivity (Wildman–Crippen MR) is 65.6 cm³/mol. The lowest BCUT2D eigenvalue weighted by Crippen LogP contribution is -2.61. The van der Waals surface area contributed by atoms with Crippen molar-refractivity contribution >= 4 is 0 Å². The van der Waals surface area contributed by atoms with Crippen LogP contribution in [-0.4, -0.2) is 72.9 Å². The van der Waals surface area contributed by atoms with Crippen molar-refractivity contribution in [3.05, 3.63) is 0 Å². The minimum atomic E-state index is 0.0772. The van der Waals surface area contributed by atoms with Crippen molar-refractivity contribution in [1.82, 2.24) is 15.1 Å². The fourth-order valence-electron chi connectivity index (χ4n) is 3.00. The average molecular weight is 227 g/mol. The van der Waals surface area contributed by atoms with Crippen LogP contribution in [0.3, 0.4) is 0 Å². The number of aliphatic hydroxyl groups is 1. The Bertz CT molecular complexity index is 208. The highest BCUT2D eigenvalue weighted by molar-refractivity contribution is 4.96. The number of likely N-dealkylation sites (tertiary alicyclic amines) is 1. The number of nitrogens with zero attached hydrogens (tertiary/aromatic N) is 2. The molecule has 2 N–H and O–H groups in total. The number of nitrogens with one attached hydrogen (secondary N) is 1. The first-order valence-corrected chi connectivity index (χ1v) is 6.60. The molecule has 94 valence electrons. The normalized spacial score (nSPS) is 28.1.